The molecule has 20 heavy (non-hydrogen) atoms. The molecule has 0 aliphatic carbocycles. The Morgan fingerprint density at radius 1 is 1.55 bits per heavy atom. The Morgan fingerprint density at radius 3 is 2.75 bits per heavy atom. The van der Waals surface area contributed by atoms with E-state index in [4.69, 9.17) is 16.3 Å². The number of aliphatic carboxylic acids is 1. The Kier molecular flexibility index (Phi) is 5.87. The summed E-state index contributed by atoms with van der Waals surface area (Å²) in [6, 6.07) is 3.15. The Balaban J connectivity index is 2.69. The molecule has 3 N–H and O–H groups in total. The molecule has 0 fully saturated rings. The van der Waals surface area contributed by atoms with Crippen LogP contribution in [0.1, 0.15) is 6.42 Å². The SMILES string of the molecule is C#CCC(NC(=O)Nc1ccc(OC)c(Br)c1)C(=O)O. The van der Waals surface area contributed by atoms with Gasteiger partial charge in [0.25, 0.3) is 0 Å². The maximum absolute atomic E-state index is 11.7. The maximum atomic E-state index is 11.7. The number of carboxylic acid groups (broad SMARTS) is 1. The second-order valence-electron chi connectivity index (χ2n) is 3.75. The molecule has 1 rings (SSSR count). The zero-order chi connectivity index (χ0) is 15.1. The summed E-state index contributed by atoms with van der Waals surface area (Å²) in [7, 11) is 1.52. The van der Waals surface area contributed by atoms with Gasteiger partial charge in [0.2, 0.25) is 0 Å². The van der Waals surface area contributed by atoms with Gasteiger partial charge in [-0.15, -0.1) is 12.3 Å². The molecule has 0 aliphatic rings. The zero-order valence-corrected chi connectivity index (χ0v) is 12.2. The van der Waals surface area contributed by atoms with Crippen LogP contribution < -0.4 is 15.4 Å². The van der Waals surface area contributed by atoms with E-state index in [0.29, 0.717) is 15.9 Å². The van der Waals surface area contributed by atoms with Crippen LogP contribution in [-0.4, -0.2) is 30.3 Å². The van der Waals surface area contributed by atoms with Crippen molar-refractivity contribution in [2.24, 2.45) is 0 Å². The third kappa shape index (κ3) is 4.48. The van der Waals surface area contributed by atoms with E-state index in [1.165, 1.54) is 7.11 Å². The third-order valence-electron chi connectivity index (χ3n) is 2.34. The molecular formula is C13H13BrN2O4. The number of carboxylic acids is 1. The van der Waals surface area contributed by atoms with Crippen LogP contribution in [0.3, 0.4) is 0 Å². The molecule has 7 heteroatoms. The van der Waals surface area contributed by atoms with Crippen molar-refractivity contribution in [3.63, 3.8) is 0 Å². The van der Waals surface area contributed by atoms with Crippen molar-refractivity contribution >= 4 is 33.6 Å². The number of carbonyl (C=O) groups is 2. The largest absolute Gasteiger partial charge is 0.496 e. The van der Waals surface area contributed by atoms with E-state index in [2.05, 4.69) is 32.5 Å². The Hall–Kier alpha value is -2.20. The number of hydrogen-bond donors (Lipinski definition) is 3. The van der Waals surface area contributed by atoms with E-state index < -0.39 is 18.0 Å². The van der Waals surface area contributed by atoms with Gasteiger partial charge in [-0.2, -0.15) is 0 Å². The minimum Gasteiger partial charge on any atom is -0.496 e. The zero-order valence-electron chi connectivity index (χ0n) is 10.6. The molecular weight excluding hydrogens is 328 g/mol. The highest BCUT2D eigenvalue weighted by Gasteiger charge is 2.18. The fourth-order valence-electron chi connectivity index (χ4n) is 1.39. The van der Waals surface area contributed by atoms with E-state index in [1.54, 1.807) is 18.2 Å². The lowest BCUT2D eigenvalue weighted by Crippen LogP contribution is -2.42. The molecule has 0 aliphatic heterocycles. The highest BCUT2D eigenvalue weighted by atomic mass is 79.9. The van der Waals surface area contributed by atoms with Crippen LogP contribution >= 0.6 is 15.9 Å². The van der Waals surface area contributed by atoms with Crippen LogP contribution in [0.25, 0.3) is 0 Å². The number of carbonyl (C=O) groups excluding carboxylic acids is 1. The van der Waals surface area contributed by atoms with E-state index >= 15 is 0 Å². The summed E-state index contributed by atoms with van der Waals surface area (Å²) in [4.78, 5) is 22.5. The van der Waals surface area contributed by atoms with Gasteiger partial charge >= 0.3 is 12.0 Å². The van der Waals surface area contributed by atoms with Crippen LogP contribution in [-0.2, 0) is 4.79 Å². The topological polar surface area (TPSA) is 87.7 Å². The van der Waals surface area contributed by atoms with Crippen LogP contribution in [0.4, 0.5) is 10.5 Å². The fraction of sp³-hybridized carbons (Fsp3) is 0.231. The fourth-order valence-corrected chi connectivity index (χ4v) is 1.93. The molecule has 0 aromatic heterocycles. The van der Waals surface area contributed by atoms with Crippen LogP contribution in [0, 0.1) is 12.3 Å². The maximum Gasteiger partial charge on any atom is 0.327 e. The molecule has 0 heterocycles. The highest BCUT2D eigenvalue weighted by Crippen LogP contribution is 2.27. The molecule has 0 radical (unpaired) electrons. The van der Waals surface area contributed by atoms with Gasteiger partial charge in [0.1, 0.15) is 11.8 Å². The second-order valence-corrected chi connectivity index (χ2v) is 4.60. The molecule has 0 bridgehead atoms. The first-order chi connectivity index (χ1) is 9.47. The predicted molar refractivity (Wildman–Crippen MR) is 77.7 cm³/mol. The Morgan fingerprint density at radius 2 is 2.25 bits per heavy atom. The lowest BCUT2D eigenvalue weighted by atomic mass is 10.2. The van der Waals surface area contributed by atoms with Crippen LogP contribution in [0.2, 0.25) is 0 Å². The number of terminal acetylenes is 1. The first-order valence-corrected chi connectivity index (χ1v) is 6.34. The van der Waals surface area contributed by atoms with Gasteiger partial charge in [-0.3, -0.25) is 0 Å². The number of amides is 2. The minimum atomic E-state index is -1.19. The van der Waals surface area contributed by atoms with E-state index in [9.17, 15) is 9.59 Å². The third-order valence-corrected chi connectivity index (χ3v) is 2.95. The molecule has 6 nitrogen and oxygen atoms in total. The van der Waals surface area contributed by atoms with Crippen molar-refractivity contribution in [1.29, 1.82) is 0 Å². The summed E-state index contributed by atoms with van der Waals surface area (Å²) in [5.74, 6) is 1.63. The van der Waals surface area contributed by atoms with E-state index in [-0.39, 0.29) is 6.42 Å². The summed E-state index contributed by atoms with van der Waals surface area (Å²) in [5, 5.41) is 13.7. The van der Waals surface area contributed by atoms with Crippen LogP contribution in [0.5, 0.6) is 5.75 Å². The molecule has 1 aromatic carbocycles. The molecule has 0 saturated carbocycles. The van der Waals surface area contributed by atoms with Gasteiger partial charge in [0, 0.05) is 12.1 Å². The molecule has 1 unspecified atom stereocenters. The molecule has 1 aromatic rings. The summed E-state index contributed by atoms with van der Waals surface area (Å²) in [5.41, 5.74) is 0.486. The lowest BCUT2D eigenvalue weighted by molar-refractivity contribution is -0.139. The number of rotatable bonds is 5. The van der Waals surface area contributed by atoms with Crippen molar-refractivity contribution < 1.29 is 19.4 Å². The van der Waals surface area contributed by atoms with Crippen molar-refractivity contribution in [2.45, 2.75) is 12.5 Å². The Labute approximate surface area is 124 Å². The molecule has 0 spiro atoms. The molecule has 1 atom stereocenters. The first kappa shape index (κ1) is 15.9. The average molecular weight is 341 g/mol. The van der Waals surface area contributed by atoms with Gasteiger partial charge in [-0.1, -0.05) is 0 Å². The van der Waals surface area contributed by atoms with Gasteiger partial charge < -0.3 is 20.5 Å². The van der Waals surface area contributed by atoms with Crippen molar-refractivity contribution in [3.8, 4) is 18.1 Å². The number of benzene rings is 1. The molecule has 106 valence electrons. The van der Waals surface area contributed by atoms with Gasteiger partial charge in [0.05, 0.1) is 11.6 Å². The molecule has 2 amide bonds. The minimum absolute atomic E-state index is 0.0882. The number of hydrogen-bond acceptors (Lipinski definition) is 3. The number of halogens is 1. The van der Waals surface area contributed by atoms with E-state index in [0.717, 1.165) is 0 Å². The number of anilines is 1. The van der Waals surface area contributed by atoms with Gasteiger partial charge in [-0.25, -0.2) is 9.59 Å². The predicted octanol–water partition coefficient (Wildman–Crippen LogP) is 2.06. The monoisotopic (exact) mass is 340 g/mol. The second kappa shape index (κ2) is 7.40. The summed E-state index contributed by atoms with van der Waals surface area (Å²) in [6.07, 6.45) is 4.95. The number of methoxy groups -OCH3 is 1. The lowest BCUT2D eigenvalue weighted by Gasteiger charge is -2.13. The number of urea groups is 1. The summed E-state index contributed by atoms with van der Waals surface area (Å²) in [6.45, 7) is 0. The van der Waals surface area contributed by atoms with E-state index in [1.807, 2.05) is 0 Å². The van der Waals surface area contributed by atoms with Crippen molar-refractivity contribution in [1.82, 2.24) is 5.32 Å². The quantitative estimate of drug-likeness (QED) is 0.716. The highest BCUT2D eigenvalue weighted by molar-refractivity contribution is 9.10. The number of ether oxygens (including phenoxy) is 1. The number of nitrogens with one attached hydrogen (secondary N) is 2. The average Bonchev–Trinajstić information content (AvgIpc) is 2.38. The molecule has 0 saturated heterocycles. The van der Waals surface area contributed by atoms with Crippen molar-refractivity contribution in [2.75, 3.05) is 12.4 Å². The summed E-state index contributed by atoms with van der Waals surface area (Å²) >= 11 is 3.28. The smallest absolute Gasteiger partial charge is 0.327 e. The van der Waals surface area contributed by atoms with Crippen molar-refractivity contribution in [3.05, 3.63) is 22.7 Å². The normalized spacial score (nSPS) is 11.1. The summed E-state index contributed by atoms with van der Waals surface area (Å²) < 4.78 is 5.72. The Bertz CT molecular complexity index is 554. The standard InChI is InChI=1S/C13H13BrN2O4/c1-3-4-10(12(17)18)16-13(19)15-8-5-6-11(20-2)9(14)7-8/h1,5-7,10H,4H2,2H3,(H,17,18)(H2,15,16,19). The van der Waals surface area contributed by atoms with Gasteiger partial charge in [-0.05, 0) is 34.1 Å². The van der Waals surface area contributed by atoms with Crippen LogP contribution in [0.15, 0.2) is 22.7 Å². The van der Waals surface area contributed by atoms with Gasteiger partial charge in [0.15, 0.2) is 0 Å². The first-order valence-electron chi connectivity index (χ1n) is 5.55.